The van der Waals surface area contributed by atoms with Crippen LogP contribution in [0, 0.1) is 24.5 Å². The lowest BCUT2D eigenvalue weighted by molar-refractivity contribution is 0.205. The summed E-state index contributed by atoms with van der Waals surface area (Å²) < 4.78 is 30.7. The molecule has 166 valence electrons. The van der Waals surface area contributed by atoms with Gasteiger partial charge in [0.05, 0.1) is 17.2 Å². The Kier molecular flexibility index (Phi) is 6.20. The van der Waals surface area contributed by atoms with E-state index in [1.807, 2.05) is 5.38 Å². The van der Waals surface area contributed by atoms with Crippen LogP contribution in [0.4, 0.5) is 8.78 Å². The van der Waals surface area contributed by atoms with Crippen molar-refractivity contribution in [2.24, 2.45) is 5.92 Å². The highest BCUT2D eigenvalue weighted by Crippen LogP contribution is 2.48. The summed E-state index contributed by atoms with van der Waals surface area (Å²) in [4.78, 5) is 9.00. The van der Waals surface area contributed by atoms with E-state index in [9.17, 15) is 4.39 Å². The SMILES string of the molecule is Cc1ccc(-c2csc([C@H](C)[C@](Cn3cncn3)(c3ccc(F)cc3F)C(C)C)n2)cc1. The van der Waals surface area contributed by atoms with Crippen molar-refractivity contribution >= 4 is 11.3 Å². The van der Waals surface area contributed by atoms with E-state index in [1.54, 1.807) is 28.4 Å². The highest BCUT2D eigenvalue weighted by Gasteiger charge is 2.45. The molecule has 0 fully saturated rings. The van der Waals surface area contributed by atoms with E-state index in [4.69, 9.17) is 4.98 Å². The predicted molar refractivity (Wildman–Crippen MR) is 124 cm³/mol. The molecule has 7 heteroatoms. The third kappa shape index (κ3) is 4.09. The molecule has 4 rings (SSSR count). The molecule has 4 aromatic rings. The maximum Gasteiger partial charge on any atom is 0.137 e. The molecule has 0 spiro atoms. The molecule has 0 N–H and O–H groups in total. The molecular weight excluding hydrogens is 426 g/mol. The minimum atomic E-state index is -0.714. The van der Waals surface area contributed by atoms with Crippen molar-refractivity contribution < 1.29 is 8.78 Å². The fraction of sp³-hybridized carbons (Fsp3) is 0.320. The molecule has 2 heterocycles. The van der Waals surface area contributed by atoms with Gasteiger partial charge in [-0.1, -0.05) is 56.7 Å². The van der Waals surface area contributed by atoms with Gasteiger partial charge in [-0.3, -0.25) is 4.68 Å². The Morgan fingerprint density at radius 1 is 1.06 bits per heavy atom. The quantitative estimate of drug-likeness (QED) is 0.326. The second kappa shape index (κ2) is 8.90. The zero-order chi connectivity index (χ0) is 22.9. The van der Waals surface area contributed by atoms with Gasteiger partial charge in [0.25, 0.3) is 0 Å². The highest BCUT2D eigenvalue weighted by atomic mass is 32.1. The van der Waals surface area contributed by atoms with Crippen LogP contribution in [0.25, 0.3) is 11.3 Å². The van der Waals surface area contributed by atoms with Crippen molar-refractivity contribution in [1.82, 2.24) is 19.7 Å². The van der Waals surface area contributed by atoms with Crippen molar-refractivity contribution in [3.8, 4) is 11.3 Å². The first-order valence-electron chi connectivity index (χ1n) is 10.6. The summed E-state index contributed by atoms with van der Waals surface area (Å²) in [5, 5.41) is 7.23. The largest absolute Gasteiger partial charge is 0.252 e. The molecule has 0 radical (unpaired) electrons. The highest BCUT2D eigenvalue weighted by molar-refractivity contribution is 7.10. The summed E-state index contributed by atoms with van der Waals surface area (Å²) in [5.41, 5.74) is 2.88. The molecule has 0 saturated carbocycles. The van der Waals surface area contributed by atoms with Gasteiger partial charge in [0.1, 0.15) is 24.3 Å². The van der Waals surface area contributed by atoms with Gasteiger partial charge in [0.15, 0.2) is 0 Å². The van der Waals surface area contributed by atoms with Crippen molar-refractivity contribution in [3.63, 3.8) is 0 Å². The number of aromatic nitrogens is 4. The van der Waals surface area contributed by atoms with Gasteiger partial charge in [0.2, 0.25) is 0 Å². The van der Waals surface area contributed by atoms with E-state index < -0.39 is 17.0 Å². The minimum absolute atomic E-state index is 0.00776. The molecule has 0 aliphatic rings. The molecule has 32 heavy (non-hydrogen) atoms. The fourth-order valence-electron chi connectivity index (χ4n) is 4.46. The monoisotopic (exact) mass is 452 g/mol. The summed E-state index contributed by atoms with van der Waals surface area (Å²) in [5.74, 6) is -1.29. The van der Waals surface area contributed by atoms with Gasteiger partial charge in [-0.25, -0.2) is 18.7 Å². The molecule has 2 aromatic carbocycles. The van der Waals surface area contributed by atoms with Crippen LogP contribution in [-0.2, 0) is 12.0 Å². The molecule has 0 amide bonds. The first-order chi connectivity index (χ1) is 15.3. The van der Waals surface area contributed by atoms with Gasteiger partial charge in [-0.15, -0.1) is 11.3 Å². The fourth-order valence-corrected chi connectivity index (χ4v) is 5.45. The third-order valence-corrected chi connectivity index (χ3v) is 7.39. The zero-order valence-electron chi connectivity index (χ0n) is 18.6. The lowest BCUT2D eigenvalue weighted by Crippen LogP contribution is -2.43. The average molecular weight is 453 g/mol. The van der Waals surface area contributed by atoms with Crippen LogP contribution in [0.1, 0.15) is 42.8 Å². The number of thiazole rings is 1. The lowest BCUT2D eigenvalue weighted by atomic mass is 9.63. The Hall–Kier alpha value is -2.93. The number of nitrogens with zero attached hydrogens (tertiary/aromatic N) is 4. The molecule has 2 aromatic heterocycles. The smallest absolute Gasteiger partial charge is 0.137 e. The topological polar surface area (TPSA) is 43.6 Å². The van der Waals surface area contributed by atoms with Crippen LogP contribution in [0.3, 0.4) is 0 Å². The Morgan fingerprint density at radius 3 is 2.44 bits per heavy atom. The van der Waals surface area contributed by atoms with Crippen LogP contribution >= 0.6 is 11.3 Å². The second-order valence-electron chi connectivity index (χ2n) is 8.57. The molecule has 0 aliphatic carbocycles. The number of rotatable bonds is 7. The van der Waals surface area contributed by atoms with Crippen molar-refractivity contribution in [3.05, 3.63) is 88.3 Å². The molecule has 0 saturated heterocycles. The van der Waals surface area contributed by atoms with Crippen LogP contribution in [-0.4, -0.2) is 19.7 Å². The second-order valence-corrected chi connectivity index (χ2v) is 9.46. The molecule has 0 aliphatic heterocycles. The van der Waals surface area contributed by atoms with Crippen LogP contribution < -0.4 is 0 Å². The van der Waals surface area contributed by atoms with Gasteiger partial charge >= 0.3 is 0 Å². The number of aryl methyl sites for hydroxylation is 1. The van der Waals surface area contributed by atoms with Crippen LogP contribution in [0.15, 0.2) is 60.5 Å². The Morgan fingerprint density at radius 2 is 1.81 bits per heavy atom. The molecule has 4 nitrogen and oxygen atoms in total. The van der Waals surface area contributed by atoms with E-state index in [0.717, 1.165) is 22.3 Å². The first kappa shape index (κ1) is 22.3. The Balaban J connectivity index is 1.83. The summed E-state index contributed by atoms with van der Waals surface area (Å²) >= 11 is 1.56. The van der Waals surface area contributed by atoms with Crippen LogP contribution in [0.2, 0.25) is 0 Å². The van der Waals surface area contributed by atoms with Gasteiger partial charge < -0.3 is 0 Å². The summed E-state index contributed by atoms with van der Waals surface area (Å²) in [6, 6.07) is 12.1. The Labute approximate surface area is 191 Å². The number of hydrogen-bond donors (Lipinski definition) is 0. The Bertz CT molecular complexity index is 1190. The van der Waals surface area contributed by atoms with Crippen molar-refractivity contribution in [1.29, 1.82) is 0 Å². The molecule has 0 unspecified atom stereocenters. The van der Waals surface area contributed by atoms with Gasteiger partial charge in [-0.2, -0.15) is 5.10 Å². The minimum Gasteiger partial charge on any atom is -0.252 e. The number of halogens is 2. The van der Waals surface area contributed by atoms with Crippen LogP contribution in [0.5, 0.6) is 0 Å². The predicted octanol–water partition coefficient (Wildman–Crippen LogP) is 6.39. The van der Waals surface area contributed by atoms with Gasteiger partial charge in [0, 0.05) is 28.3 Å². The zero-order valence-corrected chi connectivity index (χ0v) is 19.4. The van der Waals surface area contributed by atoms with Gasteiger partial charge in [-0.05, 0) is 24.5 Å². The van der Waals surface area contributed by atoms with E-state index in [1.165, 1.54) is 18.0 Å². The maximum atomic E-state index is 15.2. The van der Waals surface area contributed by atoms with Crippen molar-refractivity contribution in [2.75, 3.05) is 0 Å². The molecule has 2 atom stereocenters. The normalized spacial score (nSPS) is 14.5. The van der Waals surface area contributed by atoms with E-state index in [0.29, 0.717) is 12.1 Å². The molecular formula is C25H26F2N4S. The van der Waals surface area contributed by atoms with E-state index >= 15 is 4.39 Å². The van der Waals surface area contributed by atoms with E-state index in [-0.39, 0.29) is 11.8 Å². The van der Waals surface area contributed by atoms with E-state index in [2.05, 4.69) is 62.0 Å². The molecule has 0 bridgehead atoms. The summed E-state index contributed by atoms with van der Waals surface area (Å²) in [7, 11) is 0. The lowest BCUT2D eigenvalue weighted by Gasteiger charge is -2.42. The average Bonchev–Trinajstić information content (AvgIpc) is 3.44. The maximum absolute atomic E-state index is 15.2. The number of benzene rings is 2. The first-order valence-corrected chi connectivity index (χ1v) is 11.5. The third-order valence-electron chi connectivity index (χ3n) is 6.37. The standard InChI is InChI=1S/C25H26F2N4S/c1-16(2)25(13-31-15-28-14-29-31,21-10-9-20(26)11-22(21)27)18(4)24-30-23(12-32-24)19-7-5-17(3)6-8-19/h5-12,14-16,18H,13H2,1-4H3/t18-,25+/m0/s1. The summed E-state index contributed by atoms with van der Waals surface area (Å²) in [6.45, 7) is 8.64. The summed E-state index contributed by atoms with van der Waals surface area (Å²) in [6.07, 6.45) is 3.10. The number of hydrogen-bond acceptors (Lipinski definition) is 4. The van der Waals surface area contributed by atoms with Crippen molar-refractivity contribution in [2.45, 2.75) is 45.6 Å².